The van der Waals surface area contributed by atoms with Gasteiger partial charge in [0.05, 0.1) is 12.0 Å². The topological polar surface area (TPSA) is 46.2 Å². The monoisotopic (exact) mass is 265 g/mol. The van der Waals surface area contributed by atoms with Crippen molar-refractivity contribution in [2.24, 2.45) is 11.8 Å². The van der Waals surface area contributed by atoms with Gasteiger partial charge >= 0.3 is 6.18 Å². The zero-order valence-electron chi connectivity index (χ0n) is 10.5. The van der Waals surface area contributed by atoms with Crippen molar-refractivity contribution in [2.75, 3.05) is 0 Å². The fourth-order valence-corrected chi connectivity index (χ4v) is 2.12. The molecule has 0 heterocycles. The smallest absolute Gasteiger partial charge is 0.346 e. The summed E-state index contributed by atoms with van der Waals surface area (Å²) in [6, 6.07) is -0.571. The Morgan fingerprint density at radius 2 is 1.67 bits per heavy atom. The van der Waals surface area contributed by atoms with Gasteiger partial charge in [0.25, 0.3) is 0 Å². The number of amides is 1. The van der Waals surface area contributed by atoms with Gasteiger partial charge in [0, 0.05) is 5.92 Å². The van der Waals surface area contributed by atoms with Crippen LogP contribution in [0.25, 0.3) is 0 Å². The van der Waals surface area contributed by atoms with Gasteiger partial charge in [0.2, 0.25) is 5.91 Å². The SMILES string of the molecule is CC(=O)C(C)NC(=O)C1CCC(C(F)(F)F)CC1. The molecule has 1 unspecified atom stereocenters. The lowest BCUT2D eigenvalue weighted by molar-refractivity contribution is -0.184. The Hall–Kier alpha value is -1.07. The van der Waals surface area contributed by atoms with E-state index in [2.05, 4.69) is 5.32 Å². The van der Waals surface area contributed by atoms with E-state index in [9.17, 15) is 22.8 Å². The molecule has 0 aromatic carbocycles. The minimum Gasteiger partial charge on any atom is -0.346 e. The number of halogens is 3. The molecule has 0 spiro atoms. The molecule has 0 aromatic heterocycles. The van der Waals surface area contributed by atoms with Crippen molar-refractivity contribution >= 4 is 11.7 Å². The molecule has 1 saturated carbocycles. The lowest BCUT2D eigenvalue weighted by atomic mass is 9.81. The third-order valence-electron chi connectivity index (χ3n) is 3.53. The summed E-state index contributed by atoms with van der Waals surface area (Å²) in [5.41, 5.74) is 0. The van der Waals surface area contributed by atoms with Gasteiger partial charge in [-0.05, 0) is 39.5 Å². The van der Waals surface area contributed by atoms with E-state index in [0.29, 0.717) is 0 Å². The highest BCUT2D eigenvalue weighted by atomic mass is 19.4. The third-order valence-corrected chi connectivity index (χ3v) is 3.53. The van der Waals surface area contributed by atoms with Crippen molar-refractivity contribution in [3.8, 4) is 0 Å². The molecule has 1 rings (SSSR count). The van der Waals surface area contributed by atoms with Crippen molar-refractivity contribution in [2.45, 2.75) is 51.7 Å². The molecule has 0 saturated heterocycles. The number of nitrogens with one attached hydrogen (secondary N) is 1. The van der Waals surface area contributed by atoms with Gasteiger partial charge in [-0.15, -0.1) is 0 Å². The Morgan fingerprint density at radius 3 is 2.06 bits per heavy atom. The van der Waals surface area contributed by atoms with E-state index < -0.39 is 24.1 Å². The van der Waals surface area contributed by atoms with E-state index in [0.717, 1.165) is 0 Å². The maximum atomic E-state index is 12.4. The largest absolute Gasteiger partial charge is 0.391 e. The Balaban J connectivity index is 2.43. The fourth-order valence-electron chi connectivity index (χ4n) is 2.12. The first-order valence-electron chi connectivity index (χ1n) is 6.09. The Kier molecular flexibility index (Phi) is 4.76. The number of alkyl halides is 3. The maximum absolute atomic E-state index is 12.4. The van der Waals surface area contributed by atoms with Crippen LogP contribution in [0, 0.1) is 11.8 Å². The van der Waals surface area contributed by atoms with Crippen LogP contribution in [0.3, 0.4) is 0 Å². The van der Waals surface area contributed by atoms with Gasteiger partial charge in [0.1, 0.15) is 0 Å². The lowest BCUT2D eigenvalue weighted by Crippen LogP contribution is -2.42. The minimum absolute atomic E-state index is 0.00393. The standard InChI is InChI=1S/C12H18F3NO2/c1-7(8(2)17)16-11(18)9-3-5-10(6-4-9)12(13,14)15/h7,9-10H,3-6H2,1-2H3,(H,16,18). The van der Waals surface area contributed by atoms with E-state index in [-0.39, 0.29) is 37.4 Å². The molecule has 0 aromatic rings. The fraction of sp³-hybridized carbons (Fsp3) is 0.833. The summed E-state index contributed by atoms with van der Waals surface area (Å²) < 4.78 is 37.3. The summed E-state index contributed by atoms with van der Waals surface area (Å²) in [6.07, 6.45) is -3.69. The van der Waals surface area contributed by atoms with Crippen LogP contribution in [0.5, 0.6) is 0 Å². The zero-order chi connectivity index (χ0) is 13.9. The second-order valence-electron chi connectivity index (χ2n) is 4.93. The van der Waals surface area contributed by atoms with Gasteiger partial charge in [-0.3, -0.25) is 9.59 Å². The second kappa shape index (κ2) is 5.71. The van der Waals surface area contributed by atoms with Gasteiger partial charge in [-0.1, -0.05) is 0 Å². The maximum Gasteiger partial charge on any atom is 0.391 e. The van der Waals surface area contributed by atoms with Crippen molar-refractivity contribution in [1.29, 1.82) is 0 Å². The number of hydrogen-bond acceptors (Lipinski definition) is 2. The van der Waals surface area contributed by atoms with Crippen LogP contribution >= 0.6 is 0 Å². The number of rotatable bonds is 3. The lowest BCUT2D eigenvalue weighted by Gasteiger charge is -2.29. The molecular weight excluding hydrogens is 247 g/mol. The first kappa shape index (κ1) is 15.0. The normalized spacial score (nSPS) is 26.5. The van der Waals surface area contributed by atoms with Gasteiger partial charge in [-0.2, -0.15) is 13.2 Å². The summed E-state index contributed by atoms with van der Waals surface area (Å²) in [7, 11) is 0. The third kappa shape index (κ3) is 3.99. The molecule has 1 N–H and O–H groups in total. The van der Waals surface area contributed by atoms with E-state index in [4.69, 9.17) is 0 Å². The van der Waals surface area contributed by atoms with Crippen LogP contribution < -0.4 is 5.32 Å². The number of carbonyl (C=O) groups is 2. The molecule has 18 heavy (non-hydrogen) atoms. The van der Waals surface area contributed by atoms with E-state index >= 15 is 0 Å². The zero-order valence-corrected chi connectivity index (χ0v) is 10.5. The number of ketones is 1. The van der Waals surface area contributed by atoms with Crippen LogP contribution in [0.1, 0.15) is 39.5 Å². The van der Waals surface area contributed by atoms with Crippen molar-refractivity contribution in [3.63, 3.8) is 0 Å². The number of hydrogen-bond donors (Lipinski definition) is 1. The first-order chi connectivity index (χ1) is 8.21. The minimum atomic E-state index is -4.16. The molecule has 3 nitrogen and oxygen atoms in total. The highest BCUT2D eigenvalue weighted by Gasteiger charge is 2.42. The summed E-state index contributed by atoms with van der Waals surface area (Å²) in [6.45, 7) is 2.94. The van der Waals surface area contributed by atoms with E-state index in [1.807, 2.05) is 0 Å². The second-order valence-corrected chi connectivity index (χ2v) is 4.93. The van der Waals surface area contributed by atoms with Crippen molar-refractivity contribution in [3.05, 3.63) is 0 Å². The Labute approximate surface area is 104 Å². The summed E-state index contributed by atoms with van der Waals surface area (Å²) in [4.78, 5) is 22.7. The average Bonchev–Trinajstić information content (AvgIpc) is 2.27. The molecule has 6 heteroatoms. The highest BCUT2D eigenvalue weighted by Crippen LogP contribution is 2.39. The molecule has 0 radical (unpaired) electrons. The highest BCUT2D eigenvalue weighted by molar-refractivity contribution is 5.88. The van der Waals surface area contributed by atoms with Crippen LogP contribution in [0.4, 0.5) is 13.2 Å². The van der Waals surface area contributed by atoms with Crippen molar-refractivity contribution < 1.29 is 22.8 Å². The average molecular weight is 265 g/mol. The van der Waals surface area contributed by atoms with Crippen LogP contribution in [0.2, 0.25) is 0 Å². The Bertz CT molecular complexity index is 320. The molecule has 1 atom stereocenters. The van der Waals surface area contributed by atoms with Crippen LogP contribution in [-0.4, -0.2) is 23.9 Å². The van der Waals surface area contributed by atoms with Gasteiger partial charge < -0.3 is 5.32 Å². The molecule has 1 amide bonds. The molecule has 0 aliphatic heterocycles. The van der Waals surface area contributed by atoms with Gasteiger partial charge in [-0.25, -0.2) is 0 Å². The van der Waals surface area contributed by atoms with Gasteiger partial charge in [0.15, 0.2) is 5.78 Å². The van der Waals surface area contributed by atoms with Crippen LogP contribution in [-0.2, 0) is 9.59 Å². The predicted octanol–water partition coefficient (Wildman–Crippen LogP) is 2.45. The summed E-state index contributed by atoms with van der Waals surface area (Å²) in [5, 5.41) is 2.53. The van der Waals surface area contributed by atoms with E-state index in [1.165, 1.54) is 6.92 Å². The first-order valence-corrected chi connectivity index (χ1v) is 6.09. The molecule has 0 bridgehead atoms. The summed E-state index contributed by atoms with van der Waals surface area (Å²) >= 11 is 0. The molecular formula is C12H18F3NO2. The molecule has 1 fully saturated rings. The number of Topliss-reactive ketones (excluding diaryl/α,β-unsaturated/α-hetero) is 1. The predicted molar refractivity (Wildman–Crippen MR) is 59.8 cm³/mol. The molecule has 1 aliphatic rings. The molecule has 1 aliphatic carbocycles. The molecule has 104 valence electrons. The summed E-state index contributed by atoms with van der Waals surface area (Å²) in [5.74, 6) is -2.15. The quantitative estimate of drug-likeness (QED) is 0.852. The number of carbonyl (C=O) groups excluding carboxylic acids is 2. The van der Waals surface area contributed by atoms with Crippen LogP contribution in [0.15, 0.2) is 0 Å². The Morgan fingerprint density at radius 1 is 1.17 bits per heavy atom. The van der Waals surface area contributed by atoms with E-state index in [1.54, 1.807) is 6.92 Å². The van der Waals surface area contributed by atoms with Crippen molar-refractivity contribution in [1.82, 2.24) is 5.32 Å².